The minimum absolute atomic E-state index is 0.0176. The van der Waals surface area contributed by atoms with E-state index in [9.17, 15) is 0 Å². The second-order valence-corrected chi connectivity index (χ2v) is 5.67. The Labute approximate surface area is 97.0 Å². The van der Waals surface area contributed by atoms with Gasteiger partial charge in [0, 0.05) is 6.42 Å². The van der Waals surface area contributed by atoms with Crippen LogP contribution in [0.25, 0.3) is 0 Å². The molecular formula is C14H19NO. The molecule has 2 aliphatic rings. The van der Waals surface area contributed by atoms with Gasteiger partial charge < -0.3 is 10.1 Å². The molecule has 0 bridgehead atoms. The van der Waals surface area contributed by atoms with Gasteiger partial charge in [-0.3, -0.25) is 0 Å². The zero-order chi connectivity index (χ0) is 11.2. The number of hydrogen-bond acceptors (Lipinski definition) is 2. The molecule has 1 N–H and O–H groups in total. The van der Waals surface area contributed by atoms with Crippen molar-refractivity contribution in [3.63, 3.8) is 0 Å². The molecule has 0 unspecified atom stereocenters. The lowest BCUT2D eigenvalue weighted by atomic mass is 9.92. The van der Waals surface area contributed by atoms with Crippen LogP contribution in [-0.2, 0) is 12.8 Å². The standard InChI is InChI=1S/C14H19NO/c1-14(2)7-12-5-3-4-11(13(12)16-14)6-10-8-15-9-10/h3-5,10,15H,6-9H2,1-2H3. The van der Waals surface area contributed by atoms with E-state index in [2.05, 4.69) is 37.4 Å². The third-order valence-electron chi connectivity index (χ3n) is 3.55. The van der Waals surface area contributed by atoms with Crippen LogP contribution in [0.4, 0.5) is 0 Å². The van der Waals surface area contributed by atoms with E-state index < -0.39 is 0 Å². The van der Waals surface area contributed by atoms with Crippen LogP contribution in [-0.4, -0.2) is 18.7 Å². The largest absolute Gasteiger partial charge is 0.487 e. The van der Waals surface area contributed by atoms with Crippen LogP contribution in [0.5, 0.6) is 5.75 Å². The topological polar surface area (TPSA) is 21.3 Å². The van der Waals surface area contributed by atoms with Gasteiger partial charge >= 0.3 is 0 Å². The smallest absolute Gasteiger partial charge is 0.126 e. The highest BCUT2D eigenvalue weighted by Gasteiger charge is 2.32. The molecule has 16 heavy (non-hydrogen) atoms. The van der Waals surface area contributed by atoms with Gasteiger partial charge in [0.1, 0.15) is 11.4 Å². The third kappa shape index (κ3) is 1.71. The summed E-state index contributed by atoms with van der Waals surface area (Å²) in [5, 5.41) is 3.32. The summed E-state index contributed by atoms with van der Waals surface area (Å²) in [7, 11) is 0. The fourth-order valence-electron chi connectivity index (χ4n) is 2.64. The fourth-order valence-corrected chi connectivity index (χ4v) is 2.64. The summed E-state index contributed by atoms with van der Waals surface area (Å²) in [6.07, 6.45) is 2.20. The first-order valence-corrected chi connectivity index (χ1v) is 6.14. The van der Waals surface area contributed by atoms with E-state index in [1.807, 2.05) is 0 Å². The molecule has 0 aromatic heterocycles. The molecule has 0 aliphatic carbocycles. The van der Waals surface area contributed by atoms with Crippen molar-refractivity contribution >= 4 is 0 Å². The maximum atomic E-state index is 6.07. The van der Waals surface area contributed by atoms with E-state index in [4.69, 9.17) is 4.74 Å². The highest BCUT2D eigenvalue weighted by Crippen LogP contribution is 2.38. The van der Waals surface area contributed by atoms with Crippen LogP contribution in [0.2, 0.25) is 0 Å². The summed E-state index contributed by atoms with van der Waals surface area (Å²) in [5.74, 6) is 1.97. The number of hydrogen-bond donors (Lipinski definition) is 1. The minimum atomic E-state index is -0.0176. The maximum Gasteiger partial charge on any atom is 0.126 e. The van der Waals surface area contributed by atoms with Gasteiger partial charge in [0.05, 0.1) is 0 Å². The van der Waals surface area contributed by atoms with Crippen molar-refractivity contribution in [2.45, 2.75) is 32.3 Å². The third-order valence-corrected chi connectivity index (χ3v) is 3.55. The molecule has 0 saturated carbocycles. The van der Waals surface area contributed by atoms with Crippen LogP contribution >= 0.6 is 0 Å². The summed E-state index contributed by atoms with van der Waals surface area (Å²) in [5.41, 5.74) is 2.76. The zero-order valence-electron chi connectivity index (χ0n) is 10.0. The lowest BCUT2D eigenvalue weighted by molar-refractivity contribution is 0.136. The normalized spacial score (nSPS) is 22.4. The monoisotopic (exact) mass is 217 g/mol. The molecule has 1 fully saturated rings. The number of nitrogens with one attached hydrogen (secondary N) is 1. The quantitative estimate of drug-likeness (QED) is 0.819. The molecule has 3 rings (SSSR count). The van der Waals surface area contributed by atoms with Crippen molar-refractivity contribution in [1.82, 2.24) is 5.32 Å². The summed E-state index contributed by atoms with van der Waals surface area (Å²) >= 11 is 0. The lowest BCUT2D eigenvalue weighted by Gasteiger charge is -2.28. The summed E-state index contributed by atoms with van der Waals surface area (Å²) < 4.78 is 6.07. The van der Waals surface area contributed by atoms with Gasteiger partial charge in [-0.15, -0.1) is 0 Å². The predicted octanol–water partition coefficient (Wildman–Crippen LogP) is 2.16. The Balaban J connectivity index is 1.87. The second-order valence-electron chi connectivity index (χ2n) is 5.67. The predicted molar refractivity (Wildman–Crippen MR) is 64.9 cm³/mol. The van der Waals surface area contributed by atoms with Gasteiger partial charge in [-0.1, -0.05) is 18.2 Å². The van der Waals surface area contributed by atoms with Gasteiger partial charge in [0.15, 0.2) is 0 Å². The van der Waals surface area contributed by atoms with Gasteiger partial charge in [-0.2, -0.15) is 0 Å². The first-order valence-electron chi connectivity index (χ1n) is 6.14. The molecule has 0 atom stereocenters. The average molecular weight is 217 g/mol. The van der Waals surface area contributed by atoms with Gasteiger partial charge in [-0.05, 0) is 50.4 Å². The van der Waals surface area contributed by atoms with Gasteiger partial charge in [0.2, 0.25) is 0 Å². The van der Waals surface area contributed by atoms with Crippen LogP contribution in [0.15, 0.2) is 18.2 Å². The molecule has 2 heteroatoms. The number of rotatable bonds is 2. The lowest BCUT2D eigenvalue weighted by Crippen LogP contribution is -2.43. The Bertz CT molecular complexity index is 407. The first kappa shape index (κ1) is 10.2. The van der Waals surface area contributed by atoms with Crippen molar-refractivity contribution in [3.05, 3.63) is 29.3 Å². The van der Waals surface area contributed by atoms with Crippen LogP contribution in [0, 0.1) is 5.92 Å². The number of ether oxygens (including phenoxy) is 1. The van der Waals surface area contributed by atoms with E-state index in [0.29, 0.717) is 0 Å². The van der Waals surface area contributed by atoms with E-state index in [1.165, 1.54) is 16.9 Å². The SMILES string of the molecule is CC1(C)Cc2cccc(CC3CNC3)c2O1. The molecule has 2 nitrogen and oxygen atoms in total. The molecule has 1 aromatic carbocycles. The van der Waals surface area contributed by atoms with E-state index in [1.54, 1.807) is 0 Å². The average Bonchev–Trinajstić information content (AvgIpc) is 2.46. The van der Waals surface area contributed by atoms with Crippen LogP contribution < -0.4 is 10.1 Å². The number of benzene rings is 1. The van der Waals surface area contributed by atoms with Gasteiger partial charge in [-0.25, -0.2) is 0 Å². The molecule has 86 valence electrons. The van der Waals surface area contributed by atoms with Crippen molar-refractivity contribution < 1.29 is 4.74 Å². The highest BCUT2D eigenvalue weighted by molar-refractivity contribution is 5.46. The summed E-state index contributed by atoms with van der Waals surface area (Å²) in [4.78, 5) is 0. The molecule has 0 spiro atoms. The van der Waals surface area contributed by atoms with Crippen molar-refractivity contribution in [1.29, 1.82) is 0 Å². The van der Waals surface area contributed by atoms with E-state index in [-0.39, 0.29) is 5.60 Å². The zero-order valence-corrected chi connectivity index (χ0v) is 10.0. The molecule has 1 saturated heterocycles. The molecular weight excluding hydrogens is 198 g/mol. The first-order chi connectivity index (χ1) is 7.64. The Morgan fingerprint density at radius 3 is 2.88 bits per heavy atom. The number of para-hydroxylation sites is 1. The van der Waals surface area contributed by atoms with Crippen molar-refractivity contribution in [3.8, 4) is 5.75 Å². The Hall–Kier alpha value is -1.02. The highest BCUT2D eigenvalue weighted by atomic mass is 16.5. The Morgan fingerprint density at radius 1 is 1.38 bits per heavy atom. The minimum Gasteiger partial charge on any atom is -0.487 e. The molecule has 2 heterocycles. The maximum absolute atomic E-state index is 6.07. The van der Waals surface area contributed by atoms with Crippen LogP contribution in [0.3, 0.4) is 0 Å². The van der Waals surface area contributed by atoms with Crippen molar-refractivity contribution in [2.75, 3.05) is 13.1 Å². The Morgan fingerprint density at radius 2 is 2.19 bits per heavy atom. The van der Waals surface area contributed by atoms with Crippen molar-refractivity contribution in [2.24, 2.45) is 5.92 Å². The molecule has 2 aliphatic heterocycles. The molecule has 1 aromatic rings. The van der Waals surface area contributed by atoms with E-state index in [0.717, 1.165) is 31.8 Å². The summed E-state index contributed by atoms with van der Waals surface area (Å²) in [6.45, 7) is 6.66. The fraction of sp³-hybridized carbons (Fsp3) is 0.571. The van der Waals surface area contributed by atoms with Crippen LogP contribution in [0.1, 0.15) is 25.0 Å². The molecule has 0 radical (unpaired) electrons. The van der Waals surface area contributed by atoms with Gasteiger partial charge in [0.25, 0.3) is 0 Å². The second kappa shape index (κ2) is 3.49. The summed E-state index contributed by atoms with van der Waals surface area (Å²) in [6, 6.07) is 6.59. The molecule has 0 amide bonds. The number of fused-ring (bicyclic) bond motifs is 1. The van der Waals surface area contributed by atoms with E-state index >= 15 is 0 Å². The Kier molecular flexibility index (Phi) is 2.21.